The van der Waals surface area contributed by atoms with E-state index in [1.54, 1.807) is 0 Å². The van der Waals surface area contributed by atoms with Gasteiger partial charge < -0.3 is 15.2 Å². The van der Waals surface area contributed by atoms with E-state index in [0.29, 0.717) is 19.1 Å². The molecule has 112 valence electrons. The van der Waals surface area contributed by atoms with Gasteiger partial charge in [-0.05, 0) is 20.5 Å². The van der Waals surface area contributed by atoms with Gasteiger partial charge in [0.15, 0.2) is 0 Å². The third-order valence-corrected chi connectivity index (χ3v) is 3.33. The molecule has 1 atom stereocenters. The normalized spacial score (nSPS) is 19.8. The van der Waals surface area contributed by atoms with Gasteiger partial charge in [-0.15, -0.1) is 0 Å². The molecule has 2 heterocycles. The zero-order valence-corrected chi connectivity index (χ0v) is 11.3. The Hall–Kier alpha value is -1.61. The first kappa shape index (κ1) is 14.8. The Balaban J connectivity index is 2.28. The number of alkyl halides is 3. The molecule has 0 radical (unpaired) electrons. The van der Waals surface area contributed by atoms with E-state index in [2.05, 4.69) is 15.4 Å². The summed E-state index contributed by atoms with van der Waals surface area (Å²) in [5.74, 6) is 4.18. The maximum atomic E-state index is 12.8. The first-order valence-electron chi connectivity index (χ1n) is 6.15. The molecule has 0 amide bonds. The molecule has 3 N–H and O–H groups in total. The molecule has 1 saturated heterocycles. The van der Waals surface area contributed by atoms with Gasteiger partial charge in [-0.3, -0.25) is 0 Å². The Morgan fingerprint density at radius 2 is 2.10 bits per heavy atom. The lowest BCUT2D eigenvalue weighted by Crippen LogP contribution is -2.32. The minimum atomic E-state index is -4.59. The van der Waals surface area contributed by atoms with Crippen LogP contribution in [-0.4, -0.2) is 48.1 Å². The second kappa shape index (κ2) is 5.41. The lowest BCUT2D eigenvalue weighted by atomic mass is 10.2. The van der Waals surface area contributed by atoms with Crippen LogP contribution in [-0.2, 0) is 6.18 Å². The highest BCUT2D eigenvalue weighted by molar-refractivity contribution is 5.50. The predicted octanol–water partition coefficient (Wildman–Crippen LogP) is 0.921. The van der Waals surface area contributed by atoms with Crippen LogP contribution in [0.25, 0.3) is 0 Å². The van der Waals surface area contributed by atoms with Gasteiger partial charge in [-0.1, -0.05) is 0 Å². The van der Waals surface area contributed by atoms with Crippen molar-refractivity contribution in [2.45, 2.75) is 18.6 Å². The average molecular weight is 290 g/mol. The Labute approximate surface area is 114 Å². The van der Waals surface area contributed by atoms with Gasteiger partial charge in [0, 0.05) is 25.2 Å². The summed E-state index contributed by atoms with van der Waals surface area (Å²) in [6, 6.07) is 1.72. The Morgan fingerprint density at radius 3 is 2.60 bits per heavy atom. The maximum Gasteiger partial charge on any atom is 0.451 e. The fourth-order valence-corrected chi connectivity index (χ4v) is 2.17. The summed E-state index contributed by atoms with van der Waals surface area (Å²) in [6.45, 7) is 1.28. The zero-order chi connectivity index (χ0) is 14.9. The Bertz CT molecular complexity index is 476. The number of nitrogens with zero attached hydrogens (tertiary/aromatic N) is 4. The Kier molecular flexibility index (Phi) is 4.00. The van der Waals surface area contributed by atoms with E-state index < -0.39 is 12.0 Å². The second-order valence-electron chi connectivity index (χ2n) is 4.93. The van der Waals surface area contributed by atoms with Crippen molar-refractivity contribution >= 4 is 11.6 Å². The third-order valence-electron chi connectivity index (χ3n) is 3.33. The van der Waals surface area contributed by atoms with Crippen LogP contribution < -0.4 is 16.2 Å². The van der Waals surface area contributed by atoms with Gasteiger partial charge in [0.25, 0.3) is 0 Å². The molecule has 0 spiro atoms. The SMILES string of the molecule is CN(C)C1CCN(c2cc(NN)nc(C(F)(F)F)n2)C1. The van der Waals surface area contributed by atoms with E-state index in [1.165, 1.54) is 6.07 Å². The molecule has 1 fully saturated rings. The summed E-state index contributed by atoms with van der Waals surface area (Å²) in [4.78, 5) is 10.8. The summed E-state index contributed by atoms with van der Waals surface area (Å²) in [5.41, 5.74) is 2.15. The van der Waals surface area contributed by atoms with E-state index in [1.807, 2.05) is 23.9 Å². The maximum absolute atomic E-state index is 12.8. The number of aromatic nitrogens is 2. The summed E-state index contributed by atoms with van der Waals surface area (Å²) in [6.07, 6.45) is -3.72. The molecule has 6 nitrogen and oxygen atoms in total. The van der Waals surface area contributed by atoms with Crippen molar-refractivity contribution in [3.63, 3.8) is 0 Å². The molecule has 0 aromatic carbocycles. The molecule has 1 aliphatic rings. The van der Waals surface area contributed by atoms with E-state index >= 15 is 0 Å². The number of nitrogens with two attached hydrogens (primary N) is 1. The van der Waals surface area contributed by atoms with Crippen molar-refractivity contribution in [1.29, 1.82) is 0 Å². The summed E-state index contributed by atoms with van der Waals surface area (Å²) < 4.78 is 38.3. The minimum absolute atomic E-state index is 0.0457. The van der Waals surface area contributed by atoms with Crippen molar-refractivity contribution in [1.82, 2.24) is 14.9 Å². The van der Waals surface area contributed by atoms with Crippen LogP contribution in [0.5, 0.6) is 0 Å². The number of anilines is 2. The highest BCUT2D eigenvalue weighted by atomic mass is 19.4. The lowest BCUT2D eigenvalue weighted by molar-refractivity contribution is -0.144. The zero-order valence-electron chi connectivity index (χ0n) is 11.3. The monoisotopic (exact) mass is 290 g/mol. The first-order valence-corrected chi connectivity index (χ1v) is 6.15. The number of nitrogens with one attached hydrogen (secondary N) is 1. The first-order chi connectivity index (χ1) is 9.31. The van der Waals surface area contributed by atoms with Crippen LogP contribution >= 0.6 is 0 Å². The number of hydrogen-bond acceptors (Lipinski definition) is 6. The van der Waals surface area contributed by atoms with Crippen LogP contribution in [0.3, 0.4) is 0 Å². The quantitative estimate of drug-likeness (QED) is 0.637. The molecule has 1 aliphatic heterocycles. The molecule has 1 aromatic rings. The van der Waals surface area contributed by atoms with Gasteiger partial charge >= 0.3 is 6.18 Å². The lowest BCUT2D eigenvalue weighted by Gasteiger charge is -2.22. The van der Waals surface area contributed by atoms with Crippen LogP contribution in [0.1, 0.15) is 12.2 Å². The summed E-state index contributed by atoms with van der Waals surface area (Å²) >= 11 is 0. The number of halogens is 3. The van der Waals surface area contributed by atoms with Gasteiger partial charge in [-0.25, -0.2) is 15.8 Å². The third kappa shape index (κ3) is 3.10. The van der Waals surface area contributed by atoms with Gasteiger partial charge in [0.2, 0.25) is 5.82 Å². The van der Waals surface area contributed by atoms with Gasteiger partial charge in [0.1, 0.15) is 11.6 Å². The predicted molar refractivity (Wildman–Crippen MR) is 69.1 cm³/mol. The van der Waals surface area contributed by atoms with E-state index in [0.717, 1.165) is 6.42 Å². The standard InChI is InChI=1S/C11H17F3N6/c1-19(2)7-3-4-20(6-7)9-5-8(18-15)16-10(17-9)11(12,13)14/h5,7H,3-4,6,15H2,1-2H3,(H,16,17,18). The fraction of sp³-hybridized carbons (Fsp3) is 0.636. The molecule has 0 bridgehead atoms. The number of hydrogen-bond donors (Lipinski definition) is 2. The fourth-order valence-electron chi connectivity index (χ4n) is 2.17. The molecule has 1 aromatic heterocycles. The molecule has 9 heteroatoms. The molecular weight excluding hydrogens is 273 g/mol. The van der Waals surface area contributed by atoms with Crippen LogP contribution in [0.15, 0.2) is 6.07 Å². The van der Waals surface area contributed by atoms with Crippen molar-refractivity contribution in [2.75, 3.05) is 37.5 Å². The van der Waals surface area contributed by atoms with Crippen molar-refractivity contribution < 1.29 is 13.2 Å². The minimum Gasteiger partial charge on any atom is -0.355 e. The molecule has 0 aliphatic carbocycles. The van der Waals surface area contributed by atoms with Crippen LogP contribution in [0.2, 0.25) is 0 Å². The summed E-state index contributed by atoms with van der Waals surface area (Å²) in [7, 11) is 3.89. The number of likely N-dealkylation sites (N-methyl/N-ethyl adjacent to an activating group) is 1. The number of hydrazine groups is 1. The summed E-state index contributed by atoms with van der Waals surface area (Å²) in [5, 5.41) is 0. The molecular formula is C11H17F3N6. The molecule has 1 unspecified atom stereocenters. The highest BCUT2D eigenvalue weighted by Gasteiger charge is 2.36. The highest BCUT2D eigenvalue weighted by Crippen LogP contribution is 2.30. The van der Waals surface area contributed by atoms with Crippen molar-refractivity contribution in [3.05, 3.63) is 11.9 Å². The van der Waals surface area contributed by atoms with Crippen molar-refractivity contribution in [2.24, 2.45) is 5.84 Å². The van der Waals surface area contributed by atoms with Crippen LogP contribution in [0, 0.1) is 0 Å². The molecule has 20 heavy (non-hydrogen) atoms. The van der Waals surface area contributed by atoms with Crippen molar-refractivity contribution in [3.8, 4) is 0 Å². The average Bonchev–Trinajstić information content (AvgIpc) is 2.87. The molecule has 2 rings (SSSR count). The van der Waals surface area contributed by atoms with E-state index in [4.69, 9.17) is 5.84 Å². The van der Waals surface area contributed by atoms with E-state index in [9.17, 15) is 13.2 Å². The van der Waals surface area contributed by atoms with Gasteiger partial charge in [-0.2, -0.15) is 13.2 Å². The largest absolute Gasteiger partial charge is 0.451 e. The smallest absolute Gasteiger partial charge is 0.355 e. The number of nitrogen functional groups attached to an aromatic ring is 1. The second-order valence-corrected chi connectivity index (χ2v) is 4.93. The Morgan fingerprint density at radius 1 is 1.40 bits per heavy atom. The van der Waals surface area contributed by atoms with Gasteiger partial charge in [0.05, 0.1) is 0 Å². The van der Waals surface area contributed by atoms with Crippen LogP contribution in [0.4, 0.5) is 24.8 Å². The topological polar surface area (TPSA) is 70.3 Å². The molecule has 0 saturated carbocycles. The van der Waals surface area contributed by atoms with E-state index in [-0.39, 0.29) is 11.6 Å². The number of rotatable bonds is 3.